The maximum atomic E-state index is 10.6. The molecule has 0 saturated heterocycles. The number of hydrogen-bond acceptors (Lipinski definition) is 7. The van der Waals surface area contributed by atoms with Crippen molar-refractivity contribution < 1.29 is 4.92 Å². The van der Waals surface area contributed by atoms with E-state index in [1.165, 1.54) is 12.1 Å². The lowest BCUT2D eigenvalue weighted by atomic mass is 10.4. The monoisotopic (exact) mass is 265 g/mol. The number of aryl methyl sites for hydroxylation is 1. The van der Waals surface area contributed by atoms with E-state index < -0.39 is 4.92 Å². The zero-order valence-electron chi connectivity index (χ0n) is 9.58. The van der Waals surface area contributed by atoms with Gasteiger partial charge in [-0.2, -0.15) is 0 Å². The Bertz CT molecular complexity index is 583. The average Bonchev–Trinajstić information content (AvgIpc) is 2.72. The number of hydrogen-bond donors (Lipinski definition) is 2. The van der Waals surface area contributed by atoms with Crippen LogP contribution in [-0.4, -0.2) is 14.9 Å². The van der Waals surface area contributed by atoms with Crippen LogP contribution in [0.25, 0.3) is 0 Å². The molecule has 3 N–H and O–H groups in total. The molecule has 0 atom stereocenters. The summed E-state index contributed by atoms with van der Waals surface area (Å²) in [5, 5.41) is 16.5. The zero-order chi connectivity index (χ0) is 13.1. The molecular formula is C10H11N5O2S. The molecule has 0 unspecified atom stereocenters. The van der Waals surface area contributed by atoms with Gasteiger partial charge >= 0.3 is 5.69 Å². The molecule has 7 nitrogen and oxygen atoms in total. The number of nitrogen functional groups attached to an aromatic ring is 1. The Morgan fingerprint density at radius 1 is 1.50 bits per heavy atom. The van der Waals surface area contributed by atoms with Crippen LogP contribution in [0.1, 0.15) is 10.7 Å². The Morgan fingerprint density at radius 2 is 2.28 bits per heavy atom. The van der Waals surface area contributed by atoms with Crippen molar-refractivity contribution in [1.29, 1.82) is 0 Å². The molecule has 0 spiro atoms. The first-order chi connectivity index (χ1) is 8.56. The first-order valence-corrected chi connectivity index (χ1v) is 6.00. The summed E-state index contributed by atoms with van der Waals surface area (Å²) >= 11 is 1.54. The van der Waals surface area contributed by atoms with E-state index in [0.717, 1.165) is 10.7 Å². The molecule has 2 rings (SSSR count). The molecule has 0 bridgehead atoms. The Kier molecular flexibility index (Phi) is 3.38. The summed E-state index contributed by atoms with van der Waals surface area (Å²) in [5.41, 5.74) is 6.27. The minimum absolute atomic E-state index is 0.0969. The van der Waals surface area contributed by atoms with E-state index in [0.29, 0.717) is 12.4 Å². The lowest BCUT2D eigenvalue weighted by molar-refractivity contribution is -0.384. The number of rotatable bonds is 4. The second-order valence-electron chi connectivity index (χ2n) is 3.59. The van der Waals surface area contributed by atoms with Crippen LogP contribution in [0.4, 0.5) is 17.3 Å². The van der Waals surface area contributed by atoms with Crippen LogP contribution in [-0.2, 0) is 6.54 Å². The Hall–Kier alpha value is -2.22. The summed E-state index contributed by atoms with van der Waals surface area (Å²) in [5.74, 6) is 0.395. The number of aromatic nitrogens is 2. The number of anilines is 2. The second kappa shape index (κ2) is 4.96. The first kappa shape index (κ1) is 12.2. The second-order valence-corrected chi connectivity index (χ2v) is 4.54. The molecule has 0 radical (unpaired) electrons. The number of nitrogens with two attached hydrogens (primary N) is 1. The largest absolute Gasteiger partial charge is 0.378 e. The third-order valence-corrected chi connectivity index (χ3v) is 3.15. The number of pyridine rings is 1. The first-order valence-electron chi connectivity index (χ1n) is 5.12. The molecule has 0 amide bonds. The average molecular weight is 265 g/mol. The van der Waals surface area contributed by atoms with E-state index in [2.05, 4.69) is 15.3 Å². The molecular weight excluding hydrogens is 254 g/mol. The van der Waals surface area contributed by atoms with Gasteiger partial charge < -0.3 is 11.1 Å². The zero-order valence-corrected chi connectivity index (χ0v) is 10.4. The fourth-order valence-corrected chi connectivity index (χ4v) is 2.08. The van der Waals surface area contributed by atoms with Crippen LogP contribution in [0.15, 0.2) is 17.5 Å². The lowest BCUT2D eigenvalue weighted by Crippen LogP contribution is -2.04. The summed E-state index contributed by atoms with van der Waals surface area (Å²) in [6, 6.07) is 2.85. The van der Waals surface area contributed by atoms with E-state index in [-0.39, 0.29) is 11.5 Å². The molecule has 0 saturated carbocycles. The minimum Gasteiger partial charge on any atom is -0.378 e. The number of nitro groups is 1. The van der Waals surface area contributed by atoms with Crippen molar-refractivity contribution >= 4 is 28.7 Å². The lowest BCUT2D eigenvalue weighted by Gasteiger charge is -2.04. The van der Waals surface area contributed by atoms with Crippen LogP contribution in [0.5, 0.6) is 0 Å². The van der Waals surface area contributed by atoms with Crippen LogP contribution in [0.2, 0.25) is 0 Å². The Balaban J connectivity index is 2.06. The third-order valence-electron chi connectivity index (χ3n) is 2.19. The molecule has 8 heteroatoms. The summed E-state index contributed by atoms with van der Waals surface area (Å²) < 4.78 is 0. The third kappa shape index (κ3) is 2.72. The Morgan fingerprint density at radius 3 is 2.83 bits per heavy atom. The van der Waals surface area contributed by atoms with Crippen molar-refractivity contribution in [2.45, 2.75) is 13.5 Å². The van der Waals surface area contributed by atoms with Gasteiger partial charge in [0, 0.05) is 17.1 Å². The summed E-state index contributed by atoms with van der Waals surface area (Å²) in [4.78, 5) is 18.2. The van der Waals surface area contributed by atoms with E-state index in [4.69, 9.17) is 5.73 Å². The summed E-state index contributed by atoms with van der Waals surface area (Å²) in [7, 11) is 0. The van der Waals surface area contributed by atoms with Gasteiger partial charge in [0.2, 0.25) is 5.82 Å². The summed E-state index contributed by atoms with van der Waals surface area (Å²) in [6.07, 6.45) is 0. The molecule has 0 aliphatic rings. The maximum Gasteiger partial charge on any atom is 0.311 e. The number of thiazole rings is 1. The van der Waals surface area contributed by atoms with Crippen molar-refractivity contribution in [2.24, 2.45) is 0 Å². The molecule has 2 heterocycles. The fraction of sp³-hybridized carbons (Fsp3) is 0.200. The van der Waals surface area contributed by atoms with Crippen LogP contribution in [0.3, 0.4) is 0 Å². The van der Waals surface area contributed by atoms with Gasteiger partial charge in [-0.3, -0.25) is 10.1 Å². The molecule has 18 heavy (non-hydrogen) atoms. The predicted octanol–water partition coefficient (Wildman–Crippen LogP) is 1.95. The topological polar surface area (TPSA) is 107 Å². The highest BCUT2D eigenvalue weighted by Crippen LogP contribution is 2.21. The predicted molar refractivity (Wildman–Crippen MR) is 69.5 cm³/mol. The standard InChI is InChI=1S/C10H11N5O2S/c1-6-5-18-9(13-6)4-12-8-3-2-7(15(16)17)10(11)14-8/h2-3,5H,4H2,1H3,(H3,11,12,14). The van der Waals surface area contributed by atoms with Gasteiger partial charge in [-0.05, 0) is 13.0 Å². The van der Waals surface area contributed by atoms with Crippen molar-refractivity contribution in [3.05, 3.63) is 38.3 Å². The van der Waals surface area contributed by atoms with Crippen molar-refractivity contribution in [3.63, 3.8) is 0 Å². The van der Waals surface area contributed by atoms with Gasteiger partial charge in [-0.25, -0.2) is 9.97 Å². The molecule has 94 valence electrons. The van der Waals surface area contributed by atoms with Gasteiger partial charge in [0.1, 0.15) is 10.8 Å². The molecule has 0 aliphatic carbocycles. The normalized spacial score (nSPS) is 10.3. The maximum absolute atomic E-state index is 10.6. The highest BCUT2D eigenvalue weighted by atomic mass is 32.1. The van der Waals surface area contributed by atoms with Crippen molar-refractivity contribution in [2.75, 3.05) is 11.1 Å². The van der Waals surface area contributed by atoms with Crippen molar-refractivity contribution in [1.82, 2.24) is 9.97 Å². The quantitative estimate of drug-likeness (QED) is 0.646. The van der Waals surface area contributed by atoms with Crippen molar-refractivity contribution in [3.8, 4) is 0 Å². The van der Waals surface area contributed by atoms with E-state index in [1.54, 1.807) is 11.3 Å². The SMILES string of the molecule is Cc1csc(CNc2ccc([N+](=O)[O-])c(N)n2)n1. The Labute approximate surface area is 107 Å². The van der Waals surface area contributed by atoms with E-state index in [1.807, 2.05) is 12.3 Å². The highest BCUT2D eigenvalue weighted by Gasteiger charge is 2.12. The molecule has 0 aliphatic heterocycles. The van der Waals surface area contributed by atoms with Gasteiger partial charge in [0.15, 0.2) is 0 Å². The van der Waals surface area contributed by atoms with Gasteiger partial charge in [0.05, 0.1) is 11.5 Å². The minimum atomic E-state index is -0.559. The van der Waals surface area contributed by atoms with Crippen LogP contribution >= 0.6 is 11.3 Å². The summed E-state index contributed by atoms with van der Waals surface area (Å²) in [6.45, 7) is 2.44. The van der Waals surface area contributed by atoms with Crippen LogP contribution in [0, 0.1) is 17.0 Å². The number of nitrogens with one attached hydrogen (secondary N) is 1. The molecule has 2 aromatic heterocycles. The van der Waals surface area contributed by atoms with Crippen LogP contribution < -0.4 is 11.1 Å². The molecule has 0 aromatic carbocycles. The van der Waals surface area contributed by atoms with E-state index >= 15 is 0 Å². The van der Waals surface area contributed by atoms with Gasteiger partial charge in [-0.1, -0.05) is 0 Å². The van der Waals surface area contributed by atoms with Gasteiger partial charge in [0.25, 0.3) is 0 Å². The number of nitrogens with zero attached hydrogens (tertiary/aromatic N) is 3. The molecule has 2 aromatic rings. The molecule has 0 fully saturated rings. The van der Waals surface area contributed by atoms with Gasteiger partial charge in [-0.15, -0.1) is 11.3 Å². The smallest absolute Gasteiger partial charge is 0.311 e. The highest BCUT2D eigenvalue weighted by molar-refractivity contribution is 7.09. The fourth-order valence-electron chi connectivity index (χ4n) is 1.37. The van der Waals surface area contributed by atoms with E-state index in [9.17, 15) is 10.1 Å².